The van der Waals surface area contributed by atoms with Crippen LogP contribution in [0.4, 0.5) is 0 Å². The van der Waals surface area contributed by atoms with E-state index in [0.717, 1.165) is 5.39 Å². The van der Waals surface area contributed by atoms with Crippen molar-refractivity contribution in [2.45, 2.75) is 13.3 Å². The number of carbonyl (C=O) groups is 2. The molecule has 4 rings (SSSR count). The molecule has 1 aliphatic rings. The maximum Gasteiger partial charge on any atom is 0.287 e. The Morgan fingerprint density at radius 2 is 2.00 bits per heavy atom. The summed E-state index contributed by atoms with van der Waals surface area (Å²) in [6.45, 7) is 4.27. The number of fused-ring (bicyclic) bond motifs is 1. The standard InChI is InChI=1S/C21H22N4O4/c1-14-23-13-16(21(27)25-8-10-28-11-9-25)17(24-14)6-7-22-20(26)19-12-15-4-2-3-5-18(15)29-19/h2-5,12-13H,6-11H2,1H3,(H,22,26). The van der Waals surface area contributed by atoms with Gasteiger partial charge in [0.15, 0.2) is 5.76 Å². The fourth-order valence-corrected chi connectivity index (χ4v) is 3.30. The molecule has 0 radical (unpaired) electrons. The zero-order valence-electron chi connectivity index (χ0n) is 16.2. The molecule has 1 aromatic carbocycles. The SMILES string of the molecule is Cc1ncc(C(=O)N2CCOCC2)c(CCNC(=O)c2cc3ccccc3o2)n1. The van der Waals surface area contributed by atoms with Crippen LogP contribution in [0.1, 0.15) is 32.4 Å². The van der Waals surface area contributed by atoms with E-state index in [2.05, 4.69) is 15.3 Å². The minimum atomic E-state index is -0.298. The van der Waals surface area contributed by atoms with Crippen LogP contribution in [0.5, 0.6) is 0 Å². The van der Waals surface area contributed by atoms with Crippen molar-refractivity contribution in [3.05, 3.63) is 59.4 Å². The highest BCUT2D eigenvalue weighted by Gasteiger charge is 2.22. The first-order chi connectivity index (χ1) is 14.1. The van der Waals surface area contributed by atoms with Crippen LogP contribution in [0.3, 0.4) is 0 Å². The first-order valence-electron chi connectivity index (χ1n) is 9.58. The molecule has 0 atom stereocenters. The lowest BCUT2D eigenvalue weighted by Crippen LogP contribution is -2.41. The number of aromatic nitrogens is 2. The van der Waals surface area contributed by atoms with Gasteiger partial charge in [0, 0.05) is 37.6 Å². The van der Waals surface area contributed by atoms with E-state index >= 15 is 0 Å². The zero-order chi connectivity index (χ0) is 20.2. The van der Waals surface area contributed by atoms with Crippen molar-refractivity contribution < 1.29 is 18.7 Å². The Hall–Kier alpha value is -3.26. The summed E-state index contributed by atoms with van der Waals surface area (Å²) in [4.78, 5) is 35.6. The molecule has 2 amide bonds. The van der Waals surface area contributed by atoms with Crippen LogP contribution in [0, 0.1) is 6.92 Å². The van der Waals surface area contributed by atoms with Crippen molar-refractivity contribution in [1.82, 2.24) is 20.2 Å². The molecular weight excluding hydrogens is 372 g/mol. The lowest BCUT2D eigenvalue weighted by Gasteiger charge is -2.27. The molecule has 2 aromatic heterocycles. The van der Waals surface area contributed by atoms with Crippen molar-refractivity contribution in [3.8, 4) is 0 Å². The lowest BCUT2D eigenvalue weighted by atomic mass is 10.1. The molecule has 1 saturated heterocycles. The number of ether oxygens (including phenoxy) is 1. The van der Waals surface area contributed by atoms with Crippen LogP contribution in [0.25, 0.3) is 11.0 Å². The minimum Gasteiger partial charge on any atom is -0.451 e. The Bertz CT molecular complexity index is 1010. The van der Waals surface area contributed by atoms with Crippen molar-refractivity contribution in [2.24, 2.45) is 0 Å². The molecule has 0 unspecified atom stereocenters. The number of morpholine rings is 1. The Kier molecular flexibility index (Phi) is 5.53. The van der Waals surface area contributed by atoms with E-state index in [9.17, 15) is 9.59 Å². The Labute approximate surface area is 167 Å². The molecule has 1 N–H and O–H groups in total. The molecule has 0 spiro atoms. The molecule has 0 aliphatic carbocycles. The first kappa shape index (κ1) is 19.1. The monoisotopic (exact) mass is 394 g/mol. The molecule has 8 heteroatoms. The van der Waals surface area contributed by atoms with Crippen LogP contribution < -0.4 is 5.32 Å². The summed E-state index contributed by atoms with van der Waals surface area (Å²) in [6.07, 6.45) is 1.98. The molecule has 3 heterocycles. The minimum absolute atomic E-state index is 0.105. The van der Waals surface area contributed by atoms with Gasteiger partial charge in [0.05, 0.1) is 24.5 Å². The van der Waals surface area contributed by atoms with Gasteiger partial charge in [0.1, 0.15) is 11.4 Å². The Morgan fingerprint density at radius 1 is 1.21 bits per heavy atom. The van der Waals surface area contributed by atoms with Gasteiger partial charge in [0.2, 0.25) is 0 Å². The quantitative estimate of drug-likeness (QED) is 0.711. The van der Waals surface area contributed by atoms with Crippen LogP contribution in [0.15, 0.2) is 40.9 Å². The van der Waals surface area contributed by atoms with Gasteiger partial charge >= 0.3 is 0 Å². The maximum atomic E-state index is 12.8. The predicted molar refractivity (Wildman–Crippen MR) is 106 cm³/mol. The van der Waals surface area contributed by atoms with Crippen LogP contribution in [0.2, 0.25) is 0 Å². The van der Waals surface area contributed by atoms with Gasteiger partial charge < -0.3 is 19.4 Å². The van der Waals surface area contributed by atoms with Gasteiger partial charge in [-0.2, -0.15) is 0 Å². The first-order valence-corrected chi connectivity index (χ1v) is 9.58. The van der Waals surface area contributed by atoms with Crippen LogP contribution in [-0.4, -0.2) is 59.5 Å². The number of nitrogens with zero attached hydrogens (tertiary/aromatic N) is 3. The summed E-state index contributed by atoms with van der Waals surface area (Å²) in [5, 5.41) is 3.71. The second-order valence-electron chi connectivity index (χ2n) is 6.84. The normalized spacial score (nSPS) is 14.2. The van der Waals surface area contributed by atoms with Gasteiger partial charge in [-0.05, 0) is 19.1 Å². The van der Waals surface area contributed by atoms with Crippen molar-refractivity contribution in [2.75, 3.05) is 32.8 Å². The number of furan rings is 1. The number of benzene rings is 1. The topological polar surface area (TPSA) is 97.6 Å². The number of hydrogen-bond acceptors (Lipinski definition) is 6. The van der Waals surface area contributed by atoms with E-state index in [1.807, 2.05) is 24.3 Å². The third-order valence-electron chi connectivity index (χ3n) is 4.81. The number of amides is 2. The molecule has 8 nitrogen and oxygen atoms in total. The highest BCUT2D eigenvalue weighted by atomic mass is 16.5. The molecular formula is C21H22N4O4. The average Bonchev–Trinajstić information content (AvgIpc) is 3.18. The van der Waals surface area contributed by atoms with Gasteiger partial charge in [-0.3, -0.25) is 9.59 Å². The average molecular weight is 394 g/mol. The van der Waals surface area contributed by atoms with E-state index in [1.165, 1.54) is 0 Å². The van der Waals surface area contributed by atoms with Gasteiger partial charge in [-0.25, -0.2) is 9.97 Å². The zero-order valence-corrected chi connectivity index (χ0v) is 16.2. The maximum absolute atomic E-state index is 12.8. The third kappa shape index (κ3) is 4.27. The summed E-state index contributed by atoms with van der Waals surface area (Å²) in [5.41, 5.74) is 1.76. The third-order valence-corrected chi connectivity index (χ3v) is 4.81. The Morgan fingerprint density at radius 3 is 2.79 bits per heavy atom. The molecule has 150 valence electrons. The summed E-state index contributed by atoms with van der Waals surface area (Å²) in [6, 6.07) is 9.18. The van der Waals surface area contributed by atoms with Gasteiger partial charge in [0.25, 0.3) is 11.8 Å². The molecule has 3 aromatic rings. The molecule has 0 saturated carbocycles. The van der Waals surface area contributed by atoms with E-state index in [-0.39, 0.29) is 17.6 Å². The number of para-hydroxylation sites is 1. The molecule has 1 fully saturated rings. The second kappa shape index (κ2) is 8.40. The molecule has 1 aliphatic heterocycles. The largest absolute Gasteiger partial charge is 0.451 e. The smallest absolute Gasteiger partial charge is 0.287 e. The van der Waals surface area contributed by atoms with Crippen LogP contribution in [-0.2, 0) is 11.2 Å². The van der Waals surface area contributed by atoms with Crippen LogP contribution >= 0.6 is 0 Å². The van der Waals surface area contributed by atoms with E-state index < -0.39 is 0 Å². The van der Waals surface area contributed by atoms with E-state index in [0.29, 0.717) is 61.9 Å². The number of hydrogen-bond donors (Lipinski definition) is 1. The molecule has 29 heavy (non-hydrogen) atoms. The fraction of sp³-hybridized carbons (Fsp3) is 0.333. The summed E-state index contributed by atoms with van der Waals surface area (Å²) < 4.78 is 10.9. The van der Waals surface area contributed by atoms with Crippen molar-refractivity contribution >= 4 is 22.8 Å². The van der Waals surface area contributed by atoms with E-state index in [4.69, 9.17) is 9.15 Å². The molecule has 0 bridgehead atoms. The van der Waals surface area contributed by atoms with Crippen molar-refractivity contribution in [3.63, 3.8) is 0 Å². The number of aryl methyl sites for hydroxylation is 1. The summed E-state index contributed by atoms with van der Waals surface area (Å²) in [7, 11) is 0. The highest BCUT2D eigenvalue weighted by molar-refractivity contribution is 5.96. The van der Waals surface area contributed by atoms with Gasteiger partial charge in [-0.1, -0.05) is 18.2 Å². The fourth-order valence-electron chi connectivity index (χ4n) is 3.30. The second-order valence-corrected chi connectivity index (χ2v) is 6.84. The van der Waals surface area contributed by atoms with Crippen molar-refractivity contribution in [1.29, 1.82) is 0 Å². The predicted octanol–water partition coefficient (Wildman–Crippen LogP) is 1.98. The Balaban J connectivity index is 1.43. The summed E-state index contributed by atoms with van der Waals surface area (Å²) >= 11 is 0. The summed E-state index contributed by atoms with van der Waals surface area (Å²) in [5.74, 6) is 0.441. The highest BCUT2D eigenvalue weighted by Crippen LogP contribution is 2.18. The number of rotatable bonds is 5. The number of carbonyl (C=O) groups excluding carboxylic acids is 2. The lowest BCUT2D eigenvalue weighted by molar-refractivity contribution is 0.0301. The van der Waals surface area contributed by atoms with Gasteiger partial charge in [-0.15, -0.1) is 0 Å². The number of nitrogens with one attached hydrogen (secondary N) is 1. The van der Waals surface area contributed by atoms with E-state index in [1.54, 1.807) is 24.1 Å².